The summed E-state index contributed by atoms with van der Waals surface area (Å²) in [4.78, 5) is 13.9. The quantitative estimate of drug-likeness (QED) is 0.450. The number of hydrogen-bond donors (Lipinski definition) is 1. The molecule has 0 radical (unpaired) electrons. The topological polar surface area (TPSA) is 86.3 Å². The summed E-state index contributed by atoms with van der Waals surface area (Å²) in [5.74, 6) is 6.97. The number of amides is 1. The fourth-order valence-electron chi connectivity index (χ4n) is 2.65. The molecule has 0 saturated carbocycles. The van der Waals surface area contributed by atoms with Gasteiger partial charge in [0.1, 0.15) is 11.6 Å². The van der Waals surface area contributed by atoms with Crippen molar-refractivity contribution in [1.82, 2.24) is 19.8 Å². The lowest BCUT2D eigenvalue weighted by Crippen LogP contribution is -2.28. The zero-order valence-electron chi connectivity index (χ0n) is 16.2. The first-order chi connectivity index (χ1) is 14.0. The number of ether oxygens (including phenoxy) is 1. The molecule has 0 spiro atoms. The lowest BCUT2D eigenvalue weighted by atomic mass is 10.2. The number of hydrogen-bond acceptors (Lipinski definition) is 6. The van der Waals surface area contributed by atoms with Crippen molar-refractivity contribution in [3.8, 4) is 17.1 Å². The molecule has 29 heavy (non-hydrogen) atoms. The van der Waals surface area contributed by atoms with E-state index in [1.54, 1.807) is 25.2 Å². The zero-order valence-corrected chi connectivity index (χ0v) is 17.0. The van der Waals surface area contributed by atoms with Crippen LogP contribution in [0.5, 0.6) is 5.75 Å². The minimum absolute atomic E-state index is 0.115. The Bertz CT molecular complexity index is 977. The molecular weight excluding hydrogens is 393 g/mol. The standard InChI is InChI=1S/C20H22FN5O2S/c1-3-28-16-10-8-14(9-11-16)19-23-24-20(26(19)22)29-13-18(27)25(2)12-15-6-4-5-7-17(15)21/h4-11H,3,12-13,22H2,1-2H3. The van der Waals surface area contributed by atoms with Crippen molar-refractivity contribution in [1.29, 1.82) is 0 Å². The molecule has 0 atom stereocenters. The molecule has 152 valence electrons. The zero-order chi connectivity index (χ0) is 20.8. The minimum atomic E-state index is -0.332. The van der Waals surface area contributed by atoms with E-state index in [2.05, 4.69) is 10.2 Å². The molecule has 2 N–H and O–H groups in total. The third-order valence-electron chi connectivity index (χ3n) is 4.20. The first-order valence-corrected chi connectivity index (χ1v) is 10.0. The molecule has 0 bridgehead atoms. The van der Waals surface area contributed by atoms with Gasteiger partial charge >= 0.3 is 0 Å². The summed E-state index contributed by atoms with van der Waals surface area (Å²) < 4.78 is 20.5. The highest BCUT2D eigenvalue weighted by atomic mass is 32.2. The van der Waals surface area contributed by atoms with Crippen LogP contribution in [0.15, 0.2) is 53.7 Å². The molecule has 9 heteroatoms. The SMILES string of the molecule is CCOc1ccc(-c2nnc(SCC(=O)N(C)Cc3ccccc3F)n2N)cc1. The van der Waals surface area contributed by atoms with Crippen molar-refractivity contribution in [2.45, 2.75) is 18.6 Å². The normalized spacial score (nSPS) is 10.7. The van der Waals surface area contributed by atoms with Gasteiger partial charge in [-0.2, -0.15) is 0 Å². The van der Waals surface area contributed by atoms with E-state index in [4.69, 9.17) is 10.6 Å². The number of thioether (sulfide) groups is 1. The van der Waals surface area contributed by atoms with Crippen LogP contribution in [0.2, 0.25) is 0 Å². The number of nitrogens with two attached hydrogens (primary N) is 1. The van der Waals surface area contributed by atoms with Crippen molar-refractivity contribution >= 4 is 17.7 Å². The third-order valence-corrected chi connectivity index (χ3v) is 5.13. The van der Waals surface area contributed by atoms with E-state index in [-0.39, 0.29) is 24.0 Å². The molecular formula is C20H22FN5O2S. The number of carbonyl (C=O) groups is 1. The van der Waals surface area contributed by atoms with Crippen molar-refractivity contribution in [3.63, 3.8) is 0 Å². The van der Waals surface area contributed by atoms with E-state index in [1.165, 1.54) is 27.4 Å². The number of halogens is 1. The molecule has 0 saturated heterocycles. The number of aromatic nitrogens is 3. The van der Waals surface area contributed by atoms with Crippen molar-refractivity contribution in [3.05, 3.63) is 59.9 Å². The Kier molecular flexibility index (Phi) is 6.71. The smallest absolute Gasteiger partial charge is 0.233 e. The predicted octanol–water partition coefficient (Wildman–Crippen LogP) is 2.95. The molecule has 1 aromatic heterocycles. The Balaban J connectivity index is 1.61. The Hall–Kier alpha value is -3.07. The van der Waals surface area contributed by atoms with Gasteiger partial charge in [-0.1, -0.05) is 30.0 Å². The van der Waals surface area contributed by atoms with Gasteiger partial charge in [0, 0.05) is 24.7 Å². The van der Waals surface area contributed by atoms with Crippen LogP contribution >= 0.6 is 11.8 Å². The maximum absolute atomic E-state index is 13.8. The molecule has 0 unspecified atom stereocenters. The number of carbonyl (C=O) groups excluding carboxylic acids is 1. The fourth-order valence-corrected chi connectivity index (χ4v) is 3.44. The Morgan fingerprint density at radius 3 is 2.62 bits per heavy atom. The van der Waals surface area contributed by atoms with E-state index in [9.17, 15) is 9.18 Å². The van der Waals surface area contributed by atoms with Gasteiger partial charge in [0.2, 0.25) is 11.1 Å². The second-order valence-electron chi connectivity index (χ2n) is 6.26. The number of rotatable bonds is 8. The molecule has 7 nitrogen and oxygen atoms in total. The van der Waals surface area contributed by atoms with Crippen LogP contribution in [0.3, 0.4) is 0 Å². The van der Waals surface area contributed by atoms with Crippen LogP contribution in [0.1, 0.15) is 12.5 Å². The molecule has 0 aliphatic carbocycles. The van der Waals surface area contributed by atoms with Gasteiger partial charge in [0.25, 0.3) is 0 Å². The first-order valence-electron chi connectivity index (χ1n) is 9.03. The Morgan fingerprint density at radius 2 is 1.93 bits per heavy atom. The lowest BCUT2D eigenvalue weighted by Gasteiger charge is -2.17. The highest BCUT2D eigenvalue weighted by Crippen LogP contribution is 2.24. The monoisotopic (exact) mass is 415 g/mol. The van der Waals surface area contributed by atoms with E-state index in [0.717, 1.165) is 11.3 Å². The summed E-state index contributed by atoms with van der Waals surface area (Å²) in [6.45, 7) is 2.70. The predicted molar refractivity (Wildman–Crippen MR) is 110 cm³/mol. The van der Waals surface area contributed by atoms with Crippen LogP contribution in [-0.4, -0.2) is 45.1 Å². The molecule has 3 aromatic rings. The molecule has 1 amide bonds. The minimum Gasteiger partial charge on any atom is -0.494 e. The first kappa shape index (κ1) is 20.7. The summed E-state index contributed by atoms with van der Waals surface area (Å²) in [5, 5.41) is 8.60. The van der Waals surface area contributed by atoms with Gasteiger partial charge in [0.05, 0.1) is 12.4 Å². The van der Waals surface area contributed by atoms with Crippen LogP contribution in [0, 0.1) is 5.82 Å². The van der Waals surface area contributed by atoms with Gasteiger partial charge in [-0.25, -0.2) is 9.07 Å². The van der Waals surface area contributed by atoms with Crippen LogP contribution in [0.25, 0.3) is 11.4 Å². The van der Waals surface area contributed by atoms with Gasteiger partial charge in [-0.3, -0.25) is 4.79 Å². The highest BCUT2D eigenvalue weighted by Gasteiger charge is 2.16. The second kappa shape index (κ2) is 9.42. The average Bonchev–Trinajstić information content (AvgIpc) is 3.09. The maximum atomic E-state index is 13.8. The average molecular weight is 415 g/mol. The summed E-state index contributed by atoms with van der Waals surface area (Å²) in [5.41, 5.74) is 1.26. The van der Waals surface area contributed by atoms with Crippen molar-refractivity contribution in [2.75, 3.05) is 25.3 Å². The second-order valence-corrected chi connectivity index (χ2v) is 7.21. The van der Waals surface area contributed by atoms with Gasteiger partial charge in [-0.05, 0) is 37.3 Å². The molecule has 0 aliphatic heterocycles. The van der Waals surface area contributed by atoms with Crippen molar-refractivity contribution in [2.24, 2.45) is 0 Å². The molecule has 1 heterocycles. The third kappa shape index (κ3) is 5.05. The molecule has 0 aliphatic rings. The highest BCUT2D eigenvalue weighted by molar-refractivity contribution is 7.99. The number of nitrogens with zero attached hydrogens (tertiary/aromatic N) is 4. The van der Waals surface area contributed by atoms with Gasteiger partial charge < -0.3 is 15.5 Å². The summed E-state index contributed by atoms with van der Waals surface area (Å²) in [6.07, 6.45) is 0. The number of nitrogen functional groups attached to an aromatic ring is 1. The van der Waals surface area contributed by atoms with Crippen molar-refractivity contribution < 1.29 is 13.9 Å². The van der Waals surface area contributed by atoms with E-state index in [0.29, 0.717) is 23.2 Å². The van der Waals surface area contributed by atoms with Gasteiger partial charge in [-0.15, -0.1) is 10.2 Å². The maximum Gasteiger partial charge on any atom is 0.233 e. The van der Waals surface area contributed by atoms with Crippen LogP contribution < -0.4 is 10.6 Å². The summed E-state index contributed by atoms with van der Waals surface area (Å²) >= 11 is 1.18. The lowest BCUT2D eigenvalue weighted by molar-refractivity contribution is -0.127. The van der Waals surface area contributed by atoms with Crippen LogP contribution in [-0.2, 0) is 11.3 Å². The summed E-state index contributed by atoms with van der Waals surface area (Å²) in [6, 6.07) is 13.8. The van der Waals surface area contributed by atoms with E-state index >= 15 is 0 Å². The fraction of sp³-hybridized carbons (Fsp3) is 0.250. The largest absolute Gasteiger partial charge is 0.494 e. The molecule has 2 aromatic carbocycles. The van der Waals surface area contributed by atoms with E-state index in [1.807, 2.05) is 31.2 Å². The van der Waals surface area contributed by atoms with Gasteiger partial charge in [0.15, 0.2) is 5.82 Å². The van der Waals surface area contributed by atoms with Crippen LogP contribution in [0.4, 0.5) is 4.39 Å². The Labute approximate surface area is 172 Å². The Morgan fingerprint density at radius 1 is 1.21 bits per heavy atom. The van der Waals surface area contributed by atoms with E-state index < -0.39 is 0 Å². The number of benzene rings is 2. The molecule has 0 fully saturated rings. The summed E-state index contributed by atoms with van der Waals surface area (Å²) in [7, 11) is 1.63. The molecule has 3 rings (SSSR count).